The lowest BCUT2D eigenvalue weighted by atomic mass is 10.3. The van der Waals surface area contributed by atoms with E-state index in [9.17, 15) is 4.79 Å². The Morgan fingerprint density at radius 2 is 2.05 bits per heavy atom. The van der Waals surface area contributed by atoms with E-state index in [0.717, 1.165) is 23.0 Å². The summed E-state index contributed by atoms with van der Waals surface area (Å²) >= 11 is 3.48. The van der Waals surface area contributed by atoms with Gasteiger partial charge in [0, 0.05) is 17.1 Å². The smallest absolute Gasteiger partial charge is 0.270 e. The lowest BCUT2D eigenvalue weighted by molar-refractivity contribution is 0.0948. The van der Waals surface area contributed by atoms with Crippen molar-refractivity contribution in [2.45, 2.75) is 26.7 Å². The summed E-state index contributed by atoms with van der Waals surface area (Å²) in [6, 6.07) is 9.40. The van der Waals surface area contributed by atoms with Gasteiger partial charge in [-0.25, -0.2) is 9.97 Å². The first-order valence-electron chi connectivity index (χ1n) is 7.25. The van der Waals surface area contributed by atoms with Gasteiger partial charge in [0.1, 0.15) is 17.3 Å². The topological polar surface area (TPSA) is 66.9 Å². The number of rotatable bonds is 6. The highest BCUT2D eigenvalue weighted by Gasteiger charge is 2.10. The second-order valence-corrected chi connectivity index (χ2v) is 5.75. The van der Waals surface area contributed by atoms with Gasteiger partial charge in [0.2, 0.25) is 0 Å². The second-order valence-electron chi connectivity index (χ2n) is 4.90. The number of carbonyl (C=O) groups is 1. The number of aromatic nitrogens is 2. The molecule has 0 aliphatic heterocycles. The van der Waals surface area contributed by atoms with Crippen LogP contribution < -0.4 is 10.6 Å². The Kier molecular flexibility index (Phi) is 5.89. The molecule has 1 heterocycles. The van der Waals surface area contributed by atoms with Crippen LogP contribution in [0.1, 0.15) is 36.1 Å². The third kappa shape index (κ3) is 4.53. The van der Waals surface area contributed by atoms with E-state index in [-0.39, 0.29) is 5.91 Å². The molecule has 1 aromatic carbocycles. The normalized spacial score (nSPS) is 10.3. The molecular weight excluding hydrogens is 344 g/mol. The summed E-state index contributed by atoms with van der Waals surface area (Å²) in [5.74, 6) is 0.979. The van der Waals surface area contributed by atoms with Crippen LogP contribution >= 0.6 is 15.9 Å². The molecule has 0 aliphatic rings. The van der Waals surface area contributed by atoms with Gasteiger partial charge in [-0.05, 0) is 41.4 Å². The van der Waals surface area contributed by atoms with Gasteiger partial charge >= 0.3 is 0 Å². The van der Waals surface area contributed by atoms with Crippen LogP contribution in [0.3, 0.4) is 0 Å². The molecular formula is C16H19BrN4O. The molecule has 0 atom stereocenters. The Morgan fingerprint density at radius 1 is 1.27 bits per heavy atom. The molecule has 116 valence electrons. The maximum Gasteiger partial charge on any atom is 0.270 e. The SMILES string of the molecule is CCCCNC(=O)c1cc(Nc2ccccc2Br)nc(C)n1. The maximum absolute atomic E-state index is 12.1. The Balaban J connectivity index is 2.16. The fraction of sp³-hybridized carbons (Fsp3) is 0.312. The van der Waals surface area contributed by atoms with Crippen LogP contribution in [-0.4, -0.2) is 22.4 Å². The Labute approximate surface area is 138 Å². The maximum atomic E-state index is 12.1. The first-order valence-corrected chi connectivity index (χ1v) is 8.05. The summed E-state index contributed by atoms with van der Waals surface area (Å²) in [6.07, 6.45) is 2.00. The summed E-state index contributed by atoms with van der Waals surface area (Å²) in [6.45, 7) is 4.51. The summed E-state index contributed by atoms with van der Waals surface area (Å²) in [5.41, 5.74) is 1.26. The van der Waals surface area contributed by atoms with Crippen molar-refractivity contribution < 1.29 is 4.79 Å². The highest BCUT2D eigenvalue weighted by molar-refractivity contribution is 9.10. The van der Waals surface area contributed by atoms with E-state index in [2.05, 4.69) is 43.5 Å². The average molecular weight is 363 g/mol. The zero-order valence-electron chi connectivity index (χ0n) is 12.7. The molecule has 0 saturated carbocycles. The molecule has 0 bridgehead atoms. The first-order chi connectivity index (χ1) is 10.6. The van der Waals surface area contributed by atoms with Crippen molar-refractivity contribution in [3.05, 3.63) is 46.3 Å². The largest absolute Gasteiger partial charge is 0.351 e. The fourth-order valence-corrected chi connectivity index (χ4v) is 2.30. The van der Waals surface area contributed by atoms with Gasteiger partial charge in [0.25, 0.3) is 5.91 Å². The summed E-state index contributed by atoms with van der Waals surface area (Å²) in [5, 5.41) is 6.06. The number of para-hydroxylation sites is 1. The molecule has 1 amide bonds. The molecule has 0 radical (unpaired) electrons. The molecule has 5 nitrogen and oxygen atoms in total. The van der Waals surface area contributed by atoms with Gasteiger partial charge in [0.05, 0.1) is 5.69 Å². The summed E-state index contributed by atoms with van der Waals surface area (Å²) < 4.78 is 0.931. The van der Waals surface area contributed by atoms with Crippen molar-refractivity contribution in [1.82, 2.24) is 15.3 Å². The van der Waals surface area contributed by atoms with Gasteiger partial charge in [-0.15, -0.1) is 0 Å². The van der Waals surface area contributed by atoms with Gasteiger partial charge in [-0.1, -0.05) is 25.5 Å². The molecule has 0 fully saturated rings. The minimum absolute atomic E-state index is 0.172. The number of aryl methyl sites for hydroxylation is 1. The lowest BCUT2D eigenvalue weighted by Gasteiger charge is -2.10. The molecule has 2 rings (SSSR count). The number of benzene rings is 1. The zero-order chi connectivity index (χ0) is 15.9. The van der Waals surface area contributed by atoms with Crippen molar-refractivity contribution in [2.24, 2.45) is 0 Å². The molecule has 0 unspecified atom stereocenters. The predicted octanol–water partition coefficient (Wildman–Crippen LogP) is 3.82. The van der Waals surface area contributed by atoms with E-state index in [1.807, 2.05) is 24.3 Å². The highest BCUT2D eigenvalue weighted by atomic mass is 79.9. The summed E-state index contributed by atoms with van der Waals surface area (Å²) in [4.78, 5) is 20.6. The van der Waals surface area contributed by atoms with Crippen LogP contribution in [0.15, 0.2) is 34.8 Å². The Hall–Kier alpha value is -1.95. The molecule has 0 spiro atoms. The zero-order valence-corrected chi connectivity index (χ0v) is 14.3. The molecule has 1 aromatic heterocycles. The third-order valence-corrected chi connectivity index (χ3v) is 3.71. The molecule has 0 aliphatic carbocycles. The van der Waals surface area contributed by atoms with E-state index >= 15 is 0 Å². The number of nitrogens with zero attached hydrogens (tertiary/aromatic N) is 2. The third-order valence-electron chi connectivity index (χ3n) is 3.02. The second kappa shape index (κ2) is 7.89. The number of hydrogen-bond donors (Lipinski definition) is 2. The summed E-state index contributed by atoms with van der Waals surface area (Å²) in [7, 11) is 0. The van der Waals surface area contributed by atoms with Crippen molar-refractivity contribution in [1.29, 1.82) is 0 Å². The van der Waals surface area contributed by atoms with Crippen molar-refractivity contribution in [2.75, 3.05) is 11.9 Å². The van der Waals surface area contributed by atoms with E-state index < -0.39 is 0 Å². The van der Waals surface area contributed by atoms with Gasteiger partial charge in [-0.2, -0.15) is 0 Å². The molecule has 6 heteroatoms. The predicted molar refractivity (Wildman–Crippen MR) is 91.4 cm³/mol. The molecule has 2 N–H and O–H groups in total. The van der Waals surface area contributed by atoms with E-state index in [1.165, 1.54) is 0 Å². The Morgan fingerprint density at radius 3 is 2.77 bits per heavy atom. The van der Waals surface area contributed by atoms with E-state index in [4.69, 9.17) is 0 Å². The van der Waals surface area contributed by atoms with Crippen LogP contribution in [0.2, 0.25) is 0 Å². The molecule has 0 saturated heterocycles. The van der Waals surface area contributed by atoms with Crippen LogP contribution in [0, 0.1) is 6.92 Å². The number of anilines is 2. The highest BCUT2D eigenvalue weighted by Crippen LogP contribution is 2.24. The minimum atomic E-state index is -0.172. The lowest BCUT2D eigenvalue weighted by Crippen LogP contribution is -2.25. The van der Waals surface area contributed by atoms with Crippen molar-refractivity contribution in [3.63, 3.8) is 0 Å². The van der Waals surface area contributed by atoms with Gasteiger partial charge in [-0.3, -0.25) is 4.79 Å². The standard InChI is InChI=1S/C16H19BrN4O/c1-3-4-9-18-16(22)14-10-15(20-11(2)19-14)21-13-8-6-5-7-12(13)17/h5-8,10H,3-4,9H2,1-2H3,(H,18,22)(H,19,20,21). The number of hydrogen-bond acceptors (Lipinski definition) is 4. The van der Waals surface area contributed by atoms with Crippen LogP contribution in [0.25, 0.3) is 0 Å². The average Bonchev–Trinajstić information content (AvgIpc) is 2.49. The first kappa shape index (κ1) is 16.4. The van der Waals surface area contributed by atoms with Gasteiger partial charge < -0.3 is 10.6 Å². The van der Waals surface area contributed by atoms with Gasteiger partial charge in [0.15, 0.2) is 0 Å². The van der Waals surface area contributed by atoms with Crippen LogP contribution in [0.5, 0.6) is 0 Å². The Bertz CT molecular complexity index is 660. The quantitative estimate of drug-likeness (QED) is 0.766. The van der Waals surface area contributed by atoms with E-state index in [0.29, 0.717) is 23.9 Å². The number of carbonyl (C=O) groups excluding carboxylic acids is 1. The van der Waals surface area contributed by atoms with Crippen molar-refractivity contribution in [3.8, 4) is 0 Å². The molecule has 22 heavy (non-hydrogen) atoms. The van der Waals surface area contributed by atoms with Crippen LogP contribution in [0.4, 0.5) is 11.5 Å². The minimum Gasteiger partial charge on any atom is -0.351 e. The molecule has 2 aromatic rings. The van der Waals surface area contributed by atoms with E-state index in [1.54, 1.807) is 13.0 Å². The number of amides is 1. The number of halogens is 1. The number of nitrogens with one attached hydrogen (secondary N) is 2. The number of unbranched alkanes of at least 4 members (excludes halogenated alkanes) is 1. The van der Waals surface area contributed by atoms with Crippen molar-refractivity contribution >= 4 is 33.3 Å². The monoisotopic (exact) mass is 362 g/mol. The van der Waals surface area contributed by atoms with Crippen LogP contribution in [-0.2, 0) is 0 Å². The fourth-order valence-electron chi connectivity index (χ4n) is 1.92.